The van der Waals surface area contributed by atoms with Gasteiger partial charge in [-0.2, -0.15) is 0 Å². The smallest absolute Gasteiger partial charge is 0.341 e. The summed E-state index contributed by atoms with van der Waals surface area (Å²) >= 11 is 0. The molecule has 3 fully saturated rings. The fourth-order valence-corrected chi connectivity index (χ4v) is 5.15. The van der Waals surface area contributed by atoms with Crippen molar-refractivity contribution >= 4 is 22.6 Å². The molecule has 28 heavy (non-hydrogen) atoms. The van der Waals surface area contributed by atoms with Crippen molar-refractivity contribution < 1.29 is 18.7 Å². The fraction of sp³-hybridized carbons (Fsp3) is 0.500. The maximum atomic E-state index is 15.6. The number of hydrogen-bond acceptors (Lipinski definition) is 4. The average Bonchev–Trinajstić information content (AvgIpc) is 3.41. The van der Waals surface area contributed by atoms with Crippen molar-refractivity contribution in [2.75, 3.05) is 18.0 Å². The molecule has 8 heteroatoms. The quantitative estimate of drug-likeness (QED) is 0.842. The standard InChI is InChI=1S/C20H21F2N3O3/c1-20-5-14(23)12(20)7-24(8-20)17-13(21)4-10-16(15(17)22)25(9-2-3-9)6-11(18(10)26)19(27)28/h4,6,9,12,14H,2-3,5,7-8,23H2,1H3,(H,27,28). The number of carboxylic acid groups (broad SMARTS) is 1. The van der Waals surface area contributed by atoms with Crippen molar-refractivity contribution in [3.63, 3.8) is 0 Å². The summed E-state index contributed by atoms with van der Waals surface area (Å²) in [5.74, 6) is -2.86. The van der Waals surface area contributed by atoms with Gasteiger partial charge in [0, 0.05) is 31.4 Å². The number of aromatic nitrogens is 1. The third kappa shape index (κ3) is 2.27. The molecule has 2 saturated carbocycles. The van der Waals surface area contributed by atoms with Gasteiger partial charge in [0.2, 0.25) is 5.43 Å². The van der Waals surface area contributed by atoms with Crippen LogP contribution in [-0.2, 0) is 0 Å². The molecule has 2 aromatic rings. The van der Waals surface area contributed by atoms with E-state index < -0.39 is 28.6 Å². The van der Waals surface area contributed by atoms with E-state index in [0.717, 1.165) is 25.3 Å². The lowest BCUT2D eigenvalue weighted by molar-refractivity contribution is 0.0694. The van der Waals surface area contributed by atoms with E-state index in [0.29, 0.717) is 13.1 Å². The van der Waals surface area contributed by atoms with E-state index >= 15 is 4.39 Å². The van der Waals surface area contributed by atoms with Crippen LogP contribution in [0, 0.1) is 23.0 Å². The first kappa shape index (κ1) is 17.6. The molecule has 3 aliphatic rings. The summed E-state index contributed by atoms with van der Waals surface area (Å²) in [6.07, 6.45) is 3.55. The van der Waals surface area contributed by atoms with Crippen molar-refractivity contribution in [2.45, 2.75) is 38.3 Å². The molecule has 0 spiro atoms. The maximum absolute atomic E-state index is 15.6. The SMILES string of the molecule is CC12CC(N)C1CN(c1c(F)cc3c(=O)c(C(=O)O)cn(C4CC4)c3c1F)C2. The van der Waals surface area contributed by atoms with Crippen LogP contribution in [0.25, 0.3) is 10.9 Å². The molecular weight excluding hydrogens is 368 g/mol. The van der Waals surface area contributed by atoms with Crippen LogP contribution in [0.15, 0.2) is 17.1 Å². The highest BCUT2D eigenvalue weighted by Gasteiger charge is 2.55. The van der Waals surface area contributed by atoms with Crippen LogP contribution >= 0.6 is 0 Å². The van der Waals surface area contributed by atoms with Crippen LogP contribution in [0.2, 0.25) is 0 Å². The van der Waals surface area contributed by atoms with E-state index in [2.05, 4.69) is 6.92 Å². The lowest BCUT2D eigenvalue weighted by Gasteiger charge is -2.46. The predicted octanol–water partition coefficient (Wildman–Crippen LogP) is 2.49. The van der Waals surface area contributed by atoms with Gasteiger partial charge in [-0.3, -0.25) is 4.79 Å². The lowest BCUT2D eigenvalue weighted by Crippen LogP contribution is -2.53. The molecule has 1 aliphatic heterocycles. The molecule has 2 aliphatic carbocycles. The van der Waals surface area contributed by atoms with E-state index in [-0.39, 0.29) is 40.0 Å². The Hall–Kier alpha value is -2.48. The van der Waals surface area contributed by atoms with E-state index in [1.165, 1.54) is 10.8 Å². The van der Waals surface area contributed by atoms with Crippen molar-refractivity contribution in [3.05, 3.63) is 39.7 Å². The highest BCUT2D eigenvalue weighted by molar-refractivity contribution is 5.94. The molecule has 3 atom stereocenters. The van der Waals surface area contributed by atoms with Crippen molar-refractivity contribution in [2.24, 2.45) is 17.1 Å². The highest BCUT2D eigenvalue weighted by atomic mass is 19.1. The third-order valence-electron chi connectivity index (χ3n) is 6.75. The molecule has 1 saturated heterocycles. The van der Waals surface area contributed by atoms with Gasteiger partial charge in [-0.05, 0) is 36.7 Å². The largest absolute Gasteiger partial charge is 0.477 e. The fourth-order valence-electron chi connectivity index (χ4n) is 5.15. The van der Waals surface area contributed by atoms with Crippen molar-refractivity contribution in [1.82, 2.24) is 4.57 Å². The summed E-state index contributed by atoms with van der Waals surface area (Å²) in [5.41, 5.74) is 4.53. The Morgan fingerprint density at radius 2 is 2.07 bits per heavy atom. The molecule has 0 amide bonds. The minimum atomic E-state index is -1.40. The monoisotopic (exact) mass is 389 g/mol. The second-order valence-corrected chi connectivity index (χ2v) is 8.74. The minimum Gasteiger partial charge on any atom is -0.477 e. The van der Waals surface area contributed by atoms with Crippen molar-refractivity contribution in [1.29, 1.82) is 0 Å². The zero-order valence-electron chi connectivity index (χ0n) is 15.4. The first-order valence-electron chi connectivity index (χ1n) is 9.52. The number of benzene rings is 1. The van der Waals surface area contributed by atoms with Crippen LogP contribution in [0.5, 0.6) is 0 Å². The number of nitrogens with zero attached hydrogens (tertiary/aromatic N) is 2. The summed E-state index contributed by atoms with van der Waals surface area (Å²) in [6, 6.07) is 0.947. The molecule has 1 aromatic carbocycles. The molecule has 3 N–H and O–H groups in total. The minimum absolute atomic E-state index is 0.0115. The Morgan fingerprint density at radius 1 is 1.36 bits per heavy atom. The second-order valence-electron chi connectivity index (χ2n) is 8.74. The molecule has 5 rings (SSSR count). The zero-order valence-corrected chi connectivity index (χ0v) is 15.4. The summed E-state index contributed by atoms with van der Waals surface area (Å²) in [4.78, 5) is 25.7. The maximum Gasteiger partial charge on any atom is 0.341 e. The molecule has 1 aromatic heterocycles. The highest BCUT2D eigenvalue weighted by Crippen LogP contribution is 2.52. The topological polar surface area (TPSA) is 88.6 Å². The molecule has 0 radical (unpaired) electrons. The normalized spacial score (nSPS) is 29.1. The summed E-state index contributed by atoms with van der Waals surface area (Å²) in [6.45, 7) is 3.06. The van der Waals surface area contributed by atoms with Gasteiger partial charge in [-0.25, -0.2) is 13.6 Å². The Balaban J connectivity index is 1.73. The van der Waals surface area contributed by atoms with E-state index in [9.17, 15) is 19.1 Å². The first-order valence-corrected chi connectivity index (χ1v) is 9.52. The second kappa shape index (κ2) is 5.53. The number of nitrogens with two attached hydrogens (primary N) is 1. The summed E-state index contributed by atoms with van der Waals surface area (Å²) < 4.78 is 32.1. The van der Waals surface area contributed by atoms with Gasteiger partial charge in [0.1, 0.15) is 17.1 Å². The summed E-state index contributed by atoms with van der Waals surface area (Å²) in [5, 5.41) is 9.09. The summed E-state index contributed by atoms with van der Waals surface area (Å²) in [7, 11) is 0. The van der Waals surface area contributed by atoms with Crippen LogP contribution in [0.1, 0.15) is 42.6 Å². The molecular formula is C20H21F2N3O3. The number of anilines is 1. The Morgan fingerprint density at radius 3 is 2.64 bits per heavy atom. The van der Waals surface area contributed by atoms with Gasteiger partial charge in [0.15, 0.2) is 5.82 Å². The third-order valence-corrected chi connectivity index (χ3v) is 6.75. The van der Waals surface area contributed by atoms with Gasteiger partial charge in [-0.15, -0.1) is 0 Å². The Bertz CT molecular complexity index is 1090. The predicted molar refractivity (Wildman–Crippen MR) is 99.8 cm³/mol. The van der Waals surface area contributed by atoms with Gasteiger partial charge in [0.25, 0.3) is 0 Å². The van der Waals surface area contributed by atoms with Crippen LogP contribution in [0.3, 0.4) is 0 Å². The number of carboxylic acids is 1. The molecule has 0 bridgehead atoms. The Kier molecular flexibility index (Phi) is 3.48. The molecule has 3 unspecified atom stereocenters. The zero-order chi connectivity index (χ0) is 20.0. The van der Waals surface area contributed by atoms with Gasteiger partial charge in [-0.1, -0.05) is 6.92 Å². The number of hydrogen-bond donors (Lipinski definition) is 2. The average molecular weight is 389 g/mol. The molecule has 2 heterocycles. The number of fused-ring (bicyclic) bond motifs is 2. The van der Waals surface area contributed by atoms with Gasteiger partial charge >= 0.3 is 5.97 Å². The number of halogens is 2. The first-order chi connectivity index (χ1) is 13.2. The number of rotatable bonds is 3. The van der Waals surface area contributed by atoms with E-state index in [1.807, 2.05) is 0 Å². The van der Waals surface area contributed by atoms with E-state index in [1.54, 1.807) is 4.90 Å². The van der Waals surface area contributed by atoms with Crippen molar-refractivity contribution in [3.8, 4) is 0 Å². The number of aromatic carboxylic acids is 1. The number of pyridine rings is 1. The molecule has 148 valence electrons. The number of carbonyl (C=O) groups is 1. The Labute approximate surface area is 159 Å². The van der Waals surface area contributed by atoms with Crippen LogP contribution in [0.4, 0.5) is 14.5 Å². The van der Waals surface area contributed by atoms with E-state index in [4.69, 9.17) is 5.73 Å². The van der Waals surface area contributed by atoms with Crippen LogP contribution < -0.4 is 16.1 Å². The van der Waals surface area contributed by atoms with Gasteiger partial charge in [0.05, 0.1) is 10.9 Å². The van der Waals surface area contributed by atoms with Crippen LogP contribution in [-0.4, -0.2) is 34.8 Å². The lowest BCUT2D eigenvalue weighted by atomic mass is 9.60. The molecule has 6 nitrogen and oxygen atoms in total. The van der Waals surface area contributed by atoms with Gasteiger partial charge < -0.3 is 20.3 Å².